The minimum absolute atomic E-state index is 0.121. The van der Waals surface area contributed by atoms with E-state index >= 15 is 0 Å². The molecular formula is C18H20FN. The van der Waals surface area contributed by atoms with Gasteiger partial charge < -0.3 is 4.90 Å². The molecule has 1 aliphatic rings. The van der Waals surface area contributed by atoms with Crippen LogP contribution in [0.4, 0.5) is 10.1 Å². The average molecular weight is 269 g/mol. The Morgan fingerprint density at radius 1 is 0.950 bits per heavy atom. The van der Waals surface area contributed by atoms with E-state index in [2.05, 4.69) is 35.2 Å². The third kappa shape index (κ3) is 3.19. The van der Waals surface area contributed by atoms with Gasteiger partial charge in [-0.3, -0.25) is 0 Å². The van der Waals surface area contributed by atoms with Gasteiger partial charge in [-0.1, -0.05) is 30.3 Å². The maximum atomic E-state index is 13.2. The van der Waals surface area contributed by atoms with Crippen molar-refractivity contribution in [2.75, 3.05) is 18.0 Å². The first-order valence-electron chi connectivity index (χ1n) is 7.36. The van der Waals surface area contributed by atoms with E-state index in [1.807, 2.05) is 12.1 Å². The maximum Gasteiger partial charge on any atom is 0.123 e. The first kappa shape index (κ1) is 13.2. The van der Waals surface area contributed by atoms with Gasteiger partial charge in [0.25, 0.3) is 0 Å². The van der Waals surface area contributed by atoms with E-state index in [4.69, 9.17) is 0 Å². The van der Waals surface area contributed by atoms with Gasteiger partial charge in [-0.05, 0) is 55.0 Å². The molecule has 0 aliphatic carbocycles. The Hall–Kier alpha value is -1.83. The Bertz CT molecular complexity index is 544. The normalized spacial score (nSPS) is 16.4. The van der Waals surface area contributed by atoms with Gasteiger partial charge in [-0.25, -0.2) is 4.39 Å². The van der Waals surface area contributed by atoms with Crippen molar-refractivity contribution in [1.29, 1.82) is 0 Å². The molecule has 2 heteroatoms. The van der Waals surface area contributed by atoms with E-state index in [1.54, 1.807) is 6.07 Å². The van der Waals surface area contributed by atoms with Gasteiger partial charge in [-0.2, -0.15) is 0 Å². The van der Waals surface area contributed by atoms with Crippen molar-refractivity contribution in [1.82, 2.24) is 0 Å². The fourth-order valence-corrected chi connectivity index (χ4v) is 3.03. The summed E-state index contributed by atoms with van der Waals surface area (Å²) in [6.07, 6.45) is 3.37. The lowest BCUT2D eigenvalue weighted by Crippen LogP contribution is -2.34. The summed E-state index contributed by atoms with van der Waals surface area (Å²) in [7, 11) is 0. The molecule has 0 aromatic heterocycles. The summed E-state index contributed by atoms with van der Waals surface area (Å²) in [6.45, 7) is 2.20. The zero-order chi connectivity index (χ0) is 13.8. The number of nitrogens with zero attached hydrogens (tertiary/aromatic N) is 1. The third-order valence-electron chi connectivity index (χ3n) is 4.15. The van der Waals surface area contributed by atoms with Crippen molar-refractivity contribution in [3.05, 3.63) is 66.0 Å². The van der Waals surface area contributed by atoms with Crippen LogP contribution in [0.1, 0.15) is 18.4 Å². The lowest BCUT2D eigenvalue weighted by molar-refractivity contribution is 0.403. The van der Waals surface area contributed by atoms with Crippen LogP contribution in [0.15, 0.2) is 54.6 Å². The molecule has 2 aromatic carbocycles. The molecule has 104 valence electrons. The topological polar surface area (TPSA) is 3.24 Å². The van der Waals surface area contributed by atoms with Crippen LogP contribution in [0.25, 0.3) is 0 Å². The van der Waals surface area contributed by atoms with Gasteiger partial charge in [0.1, 0.15) is 5.82 Å². The number of piperidine rings is 1. The zero-order valence-corrected chi connectivity index (χ0v) is 11.6. The number of hydrogen-bond acceptors (Lipinski definition) is 1. The van der Waals surface area contributed by atoms with Gasteiger partial charge in [-0.15, -0.1) is 0 Å². The van der Waals surface area contributed by atoms with E-state index in [-0.39, 0.29) is 5.82 Å². The largest absolute Gasteiger partial charge is 0.372 e. The van der Waals surface area contributed by atoms with Gasteiger partial charge in [0, 0.05) is 18.8 Å². The van der Waals surface area contributed by atoms with Gasteiger partial charge in [0.2, 0.25) is 0 Å². The first-order valence-corrected chi connectivity index (χ1v) is 7.36. The van der Waals surface area contributed by atoms with Crippen molar-refractivity contribution in [2.45, 2.75) is 19.3 Å². The number of hydrogen-bond donors (Lipinski definition) is 0. The lowest BCUT2D eigenvalue weighted by Gasteiger charge is -2.33. The van der Waals surface area contributed by atoms with Crippen LogP contribution in [-0.2, 0) is 6.42 Å². The second-order valence-corrected chi connectivity index (χ2v) is 5.60. The molecule has 3 rings (SSSR count). The van der Waals surface area contributed by atoms with E-state index in [0.29, 0.717) is 5.92 Å². The predicted molar refractivity (Wildman–Crippen MR) is 81.5 cm³/mol. The molecule has 0 N–H and O–H groups in total. The molecule has 0 amide bonds. The van der Waals surface area contributed by atoms with E-state index in [9.17, 15) is 4.39 Å². The number of halogens is 1. The lowest BCUT2D eigenvalue weighted by atomic mass is 9.90. The van der Waals surface area contributed by atoms with Crippen LogP contribution in [-0.4, -0.2) is 13.1 Å². The highest BCUT2D eigenvalue weighted by molar-refractivity contribution is 5.46. The molecule has 0 atom stereocenters. The van der Waals surface area contributed by atoms with Crippen LogP contribution >= 0.6 is 0 Å². The second-order valence-electron chi connectivity index (χ2n) is 5.60. The molecular weight excluding hydrogens is 249 g/mol. The highest BCUT2D eigenvalue weighted by Gasteiger charge is 2.19. The number of benzene rings is 2. The van der Waals surface area contributed by atoms with Crippen LogP contribution < -0.4 is 4.90 Å². The molecule has 1 saturated heterocycles. The van der Waals surface area contributed by atoms with Crippen molar-refractivity contribution in [3.63, 3.8) is 0 Å². The van der Waals surface area contributed by atoms with Gasteiger partial charge >= 0.3 is 0 Å². The summed E-state index contributed by atoms with van der Waals surface area (Å²) in [5, 5.41) is 0. The molecule has 1 aliphatic heterocycles. The third-order valence-corrected chi connectivity index (χ3v) is 4.15. The highest BCUT2D eigenvalue weighted by atomic mass is 19.1. The highest BCUT2D eigenvalue weighted by Crippen LogP contribution is 2.25. The summed E-state index contributed by atoms with van der Waals surface area (Å²) < 4.78 is 13.2. The smallest absolute Gasteiger partial charge is 0.123 e. The predicted octanol–water partition coefficient (Wildman–Crippen LogP) is 4.28. The fourth-order valence-electron chi connectivity index (χ4n) is 3.03. The Kier molecular flexibility index (Phi) is 4.00. The van der Waals surface area contributed by atoms with Crippen LogP contribution in [0.2, 0.25) is 0 Å². The summed E-state index contributed by atoms with van der Waals surface area (Å²) in [4.78, 5) is 2.45. The van der Waals surface area contributed by atoms with Crippen LogP contribution in [0.3, 0.4) is 0 Å². The van der Waals surface area contributed by atoms with Crippen LogP contribution in [0, 0.1) is 11.7 Å². The summed E-state index contributed by atoms with van der Waals surface area (Å²) in [5.41, 5.74) is 2.44. The van der Waals surface area contributed by atoms with E-state index in [0.717, 1.165) is 25.1 Å². The minimum Gasteiger partial charge on any atom is -0.372 e. The summed E-state index contributed by atoms with van der Waals surface area (Å²) in [6, 6.07) is 17.6. The SMILES string of the molecule is Fc1cccc(CC2CCN(c3ccccc3)CC2)c1. The molecule has 0 radical (unpaired) electrons. The number of anilines is 1. The molecule has 0 saturated carbocycles. The van der Waals surface area contributed by atoms with E-state index < -0.39 is 0 Å². The zero-order valence-electron chi connectivity index (χ0n) is 11.6. The summed E-state index contributed by atoms with van der Waals surface area (Å²) >= 11 is 0. The quantitative estimate of drug-likeness (QED) is 0.803. The van der Waals surface area contributed by atoms with Crippen LogP contribution in [0.5, 0.6) is 0 Å². The maximum absolute atomic E-state index is 13.2. The molecule has 0 bridgehead atoms. The molecule has 20 heavy (non-hydrogen) atoms. The van der Waals surface area contributed by atoms with Crippen molar-refractivity contribution >= 4 is 5.69 Å². The molecule has 0 spiro atoms. The van der Waals surface area contributed by atoms with E-state index in [1.165, 1.54) is 24.6 Å². The molecule has 1 fully saturated rings. The van der Waals surface area contributed by atoms with Gasteiger partial charge in [0.15, 0.2) is 0 Å². The second kappa shape index (κ2) is 6.08. The fraction of sp³-hybridized carbons (Fsp3) is 0.333. The number of para-hydroxylation sites is 1. The Labute approximate surface area is 120 Å². The molecule has 1 nitrogen and oxygen atoms in total. The van der Waals surface area contributed by atoms with Gasteiger partial charge in [0.05, 0.1) is 0 Å². The first-order chi connectivity index (χ1) is 9.81. The Balaban J connectivity index is 1.56. The number of rotatable bonds is 3. The van der Waals surface area contributed by atoms with Crippen molar-refractivity contribution in [3.8, 4) is 0 Å². The summed E-state index contributed by atoms with van der Waals surface area (Å²) in [5.74, 6) is 0.556. The molecule has 1 heterocycles. The Morgan fingerprint density at radius 3 is 2.40 bits per heavy atom. The van der Waals surface area contributed by atoms with Crippen molar-refractivity contribution in [2.24, 2.45) is 5.92 Å². The molecule has 2 aromatic rings. The standard InChI is InChI=1S/C18H20FN/c19-17-6-4-5-16(14-17)13-15-9-11-20(12-10-15)18-7-2-1-3-8-18/h1-8,14-15H,9-13H2. The molecule has 0 unspecified atom stereocenters. The minimum atomic E-state index is -0.121. The Morgan fingerprint density at radius 2 is 1.70 bits per heavy atom. The monoisotopic (exact) mass is 269 g/mol. The average Bonchev–Trinajstić information content (AvgIpc) is 2.49. The van der Waals surface area contributed by atoms with Crippen molar-refractivity contribution < 1.29 is 4.39 Å².